The molecule has 27 heavy (non-hydrogen) atoms. The average molecular weight is 367 g/mol. The first-order valence-corrected chi connectivity index (χ1v) is 8.59. The van der Waals surface area contributed by atoms with Gasteiger partial charge in [-0.2, -0.15) is 0 Å². The van der Waals surface area contributed by atoms with E-state index in [4.69, 9.17) is 4.74 Å². The first kappa shape index (κ1) is 18.5. The van der Waals surface area contributed by atoms with E-state index in [1.807, 2.05) is 0 Å². The number of aromatic hydroxyl groups is 1. The Morgan fingerprint density at radius 3 is 2.26 bits per heavy atom. The zero-order valence-corrected chi connectivity index (χ0v) is 15.3. The maximum Gasteiger partial charge on any atom is 0.294 e. The fourth-order valence-electron chi connectivity index (χ4n) is 3.19. The highest BCUT2D eigenvalue weighted by molar-refractivity contribution is 6.17. The maximum atomic E-state index is 12.8. The van der Waals surface area contributed by atoms with Crippen LogP contribution in [-0.4, -0.2) is 29.0 Å². The van der Waals surface area contributed by atoms with Gasteiger partial charge in [0.2, 0.25) is 0 Å². The lowest BCUT2D eigenvalue weighted by Gasteiger charge is -2.28. The molecule has 0 fully saturated rings. The highest BCUT2D eigenvalue weighted by Crippen LogP contribution is 2.44. The van der Waals surface area contributed by atoms with Crippen LogP contribution in [0.4, 0.5) is 5.69 Å². The van der Waals surface area contributed by atoms with Crippen LogP contribution in [0.5, 0.6) is 11.5 Å². The Kier molecular flexibility index (Phi) is 4.90. The smallest absolute Gasteiger partial charge is 0.294 e. The van der Waals surface area contributed by atoms with Gasteiger partial charge in [-0.3, -0.25) is 14.5 Å². The normalized spacial score (nSPS) is 17.0. The third kappa shape index (κ3) is 3.14. The van der Waals surface area contributed by atoms with Crippen LogP contribution < -0.4 is 9.64 Å². The minimum absolute atomic E-state index is 0.0309. The van der Waals surface area contributed by atoms with Gasteiger partial charge in [0, 0.05) is 5.92 Å². The van der Waals surface area contributed by atoms with E-state index in [1.54, 1.807) is 63.4 Å². The number of carbonyl (C=O) groups is 2. The molecule has 0 saturated carbocycles. The van der Waals surface area contributed by atoms with E-state index >= 15 is 0 Å². The molecule has 2 aromatic rings. The van der Waals surface area contributed by atoms with Crippen LogP contribution in [-0.2, 0) is 9.59 Å². The molecule has 1 atom stereocenters. The summed E-state index contributed by atoms with van der Waals surface area (Å²) in [6.45, 7) is 3.42. The van der Waals surface area contributed by atoms with Crippen LogP contribution in [0.25, 0.3) is 0 Å². The molecule has 6 heteroatoms. The molecule has 1 amide bonds. The zero-order chi connectivity index (χ0) is 19.7. The van der Waals surface area contributed by atoms with Crippen molar-refractivity contribution in [3.8, 4) is 11.5 Å². The van der Waals surface area contributed by atoms with Crippen LogP contribution in [0, 0.1) is 5.92 Å². The second kappa shape index (κ2) is 7.15. The standard InChI is InChI=1S/C21H21NO5/c1-12(2)19(24)17-18(13-8-10-14(27-3)11-9-13)22(21(26)20(17)25)15-6-4-5-7-16(15)23/h4-12,18,23,25H,1-3H3. The van der Waals surface area contributed by atoms with Gasteiger partial charge in [-0.15, -0.1) is 0 Å². The Hall–Kier alpha value is -3.28. The summed E-state index contributed by atoms with van der Waals surface area (Å²) in [5, 5.41) is 20.8. The number of hydrogen-bond donors (Lipinski definition) is 2. The molecule has 0 saturated heterocycles. The summed E-state index contributed by atoms with van der Waals surface area (Å²) in [5.41, 5.74) is 0.880. The number of anilines is 1. The molecule has 0 aromatic heterocycles. The van der Waals surface area contributed by atoms with Gasteiger partial charge in [0.15, 0.2) is 11.5 Å². The Morgan fingerprint density at radius 2 is 1.70 bits per heavy atom. The molecule has 0 aliphatic carbocycles. The van der Waals surface area contributed by atoms with Crippen molar-refractivity contribution in [2.24, 2.45) is 5.92 Å². The van der Waals surface area contributed by atoms with Crippen molar-refractivity contribution in [2.75, 3.05) is 12.0 Å². The van der Waals surface area contributed by atoms with Crippen LogP contribution in [0.3, 0.4) is 0 Å². The summed E-state index contributed by atoms with van der Waals surface area (Å²) in [6, 6.07) is 12.4. The van der Waals surface area contributed by atoms with Crippen molar-refractivity contribution < 1.29 is 24.5 Å². The third-order valence-electron chi connectivity index (χ3n) is 4.57. The molecular weight excluding hydrogens is 346 g/mol. The summed E-state index contributed by atoms with van der Waals surface area (Å²) < 4.78 is 5.17. The number of Topliss-reactive ketones (excluding diaryl/α,β-unsaturated/α-hetero) is 1. The van der Waals surface area contributed by atoms with Gasteiger partial charge in [0.05, 0.1) is 24.4 Å². The zero-order valence-electron chi connectivity index (χ0n) is 15.3. The highest BCUT2D eigenvalue weighted by Gasteiger charge is 2.45. The van der Waals surface area contributed by atoms with E-state index in [9.17, 15) is 19.8 Å². The number of ketones is 1. The quantitative estimate of drug-likeness (QED) is 0.844. The Balaban J connectivity index is 2.19. The Bertz CT molecular complexity index is 914. The van der Waals surface area contributed by atoms with Crippen molar-refractivity contribution in [3.63, 3.8) is 0 Å². The molecule has 1 heterocycles. The SMILES string of the molecule is COc1ccc(C2C(C(=O)C(C)C)=C(O)C(=O)N2c2ccccc2O)cc1. The van der Waals surface area contributed by atoms with E-state index in [2.05, 4.69) is 0 Å². The first-order chi connectivity index (χ1) is 12.9. The number of ether oxygens (including phenoxy) is 1. The minimum Gasteiger partial charge on any atom is -0.506 e. The van der Waals surface area contributed by atoms with Gasteiger partial charge < -0.3 is 14.9 Å². The van der Waals surface area contributed by atoms with E-state index in [1.165, 1.54) is 11.0 Å². The number of amides is 1. The number of phenolic OH excluding ortho intramolecular Hbond substituents is 1. The van der Waals surface area contributed by atoms with Gasteiger partial charge in [-0.1, -0.05) is 38.1 Å². The van der Waals surface area contributed by atoms with Gasteiger partial charge >= 0.3 is 0 Å². The van der Waals surface area contributed by atoms with E-state index in [-0.39, 0.29) is 22.8 Å². The lowest BCUT2D eigenvalue weighted by Crippen LogP contribution is -2.31. The van der Waals surface area contributed by atoms with Crippen molar-refractivity contribution in [1.29, 1.82) is 0 Å². The molecule has 2 N–H and O–H groups in total. The molecule has 1 aliphatic heterocycles. The predicted octanol–water partition coefficient (Wildman–Crippen LogP) is 3.53. The predicted molar refractivity (Wildman–Crippen MR) is 101 cm³/mol. The minimum atomic E-state index is -0.841. The van der Waals surface area contributed by atoms with E-state index in [0.717, 1.165) is 0 Å². The van der Waals surface area contributed by atoms with Crippen LogP contribution in [0.15, 0.2) is 59.9 Å². The van der Waals surface area contributed by atoms with Crippen LogP contribution >= 0.6 is 0 Å². The molecule has 1 aliphatic rings. The molecule has 0 bridgehead atoms. The third-order valence-corrected chi connectivity index (χ3v) is 4.57. The number of nitrogens with zero attached hydrogens (tertiary/aromatic N) is 1. The summed E-state index contributed by atoms with van der Waals surface area (Å²) in [4.78, 5) is 26.9. The van der Waals surface area contributed by atoms with E-state index in [0.29, 0.717) is 11.3 Å². The molecular formula is C21H21NO5. The number of carbonyl (C=O) groups excluding carboxylic acids is 2. The Morgan fingerprint density at radius 1 is 1.07 bits per heavy atom. The fourth-order valence-corrected chi connectivity index (χ4v) is 3.19. The van der Waals surface area contributed by atoms with E-state index < -0.39 is 23.6 Å². The highest BCUT2D eigenvalue weighted by atomic mass is 16.5. The molecule has 0 spiro atoms. The number of hydrogen-bond acceptors (Lipinski definition) is 5. The summed E-state index contributed by atoms with van der Waals surface area (Å²) in [6.07, 6.45) is 0. The van der Waals surface area contributed by atoms with Crippen molar-refractivity contribution in [3.05, 3.63) is 65.4 Å². The largest absolute Gasteiger partial charge is 0.506 e. The topological polar surface area (TPSA) is 87.1 Å². The molecule has 3 rings (SSSR count). The summed E-state index contributed by atoms with van der Waals surface area (Å²) >= 11 is 0. The van der Waals surface area contributed by atoms with Crippen molar-refractivity contribution >= 4 is 17.4 Å². The average Bonchev–Trinajstić information content (AvgIpc) is 2.92. The molecule has 2 aromatic carbocycles. The number of para-hydroxylation sites is 2. The molecule has 140 valence electrons. The van der Waals surface area contributed by atoms with Crippen LogP contribution in [0.1, 0.15) is 25.5 Å². The Labute approximate surface area is 157 Å². The maximum absolute atomic E-state index is 12.8. The number of aliphatic hydroxyl groups is 1. The first-order valence-electron chi connectivity index (χ1n) is 8.59. The fraction of sp³-hybridized carbons (Fsp3) is 0.238. The number of aliphatic hydroxyl groups excluding tert-OH is 1. The van der Waals surface area contributed by atoms with Gasteiger partial charge in [-0.25, -0.2) is 0 Å². The molecule has 0 radical (unpaired) electrons. The van der Waals surface area contributed by atoms with Crippen molar-refractivity contribution in [2.45, 2.75) is 19.9 Å². The lowest BCUT2D eigenvalue weighted by molar-refractivity contribution is -0.119. The lowest BCUT2D eigenvalue weighted by atomic mass is 9.91. The second-order valence-corrected chi connectivity index (χ2v) is 6.62. The van der Waals surface area contributed by atoms with Crippen LogP contribution in [0.2, 0.25) is 0 Å². The monoisotopic (exact) mass is 367 g/mol. The molecule has 6 nitrogen and oxygen atoms in total. The number of phenols is 1. The number of methoxy groups -OCH3 is 1. The van der Waals surface area contributed by atoms with Gasteiger partial charge in [0.25, 0.3) is 5.91 Å². The number of rotatable bonds is 5. The van der Waals surface area contributed by atoms with Gasteiger partial charge in [-0.05, 0) is 29.8 Å². The second-order valence-electron chi connectivity index (χ2n) is 6.62. The summed E-state index contributed by atoms with van der Waals surface area (Å²) in [5.74, 6) is -1.52. The van der Waals surface area contributed by atoms with Crippen molar-refractivity contribution in [1.82, 2.24) is 0 Å². The van der Waals surface area contributed by atoms with Gasteiger partial charge in [0.1, 0.15) is 11.5 Å². The molecule has 1 unspecified atom stereocenters. The number of benzene rings is 2. The summed E-state index contributed by atoms with van der Waals surface area (Å²) in [7, 11) is 1.54.